The first-order valence-electron chi connectivity index (χ1n) is 7.22. The van der Waals surface area contributed by atoms with Crippen LogP contribution in [0.15, 0.2) is 30.5 Å². The van der Waals surface area contributed by atoms with E-state index in [1.165, 1.54) is 0 Å². The molecule has 108 valence electrons. The van der Waals surface area contributed by atoms with Gasteiger partial charge in [-0.2, -0.15) is 5.26 Å². The van der Waals surface area contributed by atoms with Gasteiger partial charge in [-0.05, 0) is 17.5 Å². The Morgan fingerprint density at radius 1 is 1.33 bits per heavy atom. The molecule has 0 radical (unpaired) electrons. The lowest BCUT2D eigenvalue weighted by Crippen LogP contribution is -2.46. The number of hydrogen-bond acceptors (Lipinski definition) is 4. The predicted octanol–water partition coefficient (Wildman–Crippen LogP) is 1.40. The molecule has 1 unspecified atom stereocenters. The molecule has 1 atom stereocenters. The van der Waals surface area contributed by atoms with Crippen LogP contribution in [-0.2, 0) is 0 Å². The summed E-state index contributed by atoms with van der Waals surface area (Å²) in [6.45, 7) is 4.13. The van der Waals surface area contributed by atoms with Gasteiger partial charge in [0.1, 0.15) is 5.92 Å². The number of Topliss-reactive ketones (excluding diaryl/α,β-unsaturated/α-hetero) is 1. The van der Waals surface area contributed by atoms with E-state index in [0.29, 0.717) is 12.1 Å². The molecule has 21 heavy (non-hydrogen) atoms. The van der Waals surface area contributed by atoms with E-state index in [4.69, 9.17) is 0 Å². The van der Waals surface area contributed by atoms with Crippen LogP contribution >= 0.6 is 0 Å². The lowest BCUT2D eigenvalue weighted by molar-refractivity contribution is 0.0914. The molecule has 1 aliphatic heterocycles. The molecule has 1 aromatic heterocycles. The number of fused-ring (bicyclic) bond motifs is 1. The van der Waals surface area contributed by atoms with Crippen molar-refractivity contribution < 1.29 is 4.79 Å². The van der Waals surface area contributed by atoms with E-state index < -0.39 is 5.92 Å². The summed E-state index contributed by atoms with van der Waals surface area (Å²) >= 11 is 0. The largest absolute Gasteiger partial charge is 0.361 e. The first kappa shape index (κ1) is 13.8. The van der Waals surface area contributed by atoms with Crippen LogP contribution < -0.4 is 5.32 Å². The standard InChI is InChI=1S/C16H18N4O/c17-10-14(11-20-7-5-18-6-8-20)16(21)13-2-1-12-3-4-19-15(12)9-13/h1-4,9,14,18-19H,5-8,11H2. The summed E-state index contributed by atoms with van der Waals surface area (Å²) in [6, 6.07) is 9.69. The van der Waals surface area contributed by atoms with Crippen LogP contribution in [0.1, 0.15) is 10.4 Å². The first-order valence-corrected chi connectivity index (χ1v) is 7.22. The second-order valence-electron chi connectivity index (χ2n) is 5.38. The number of piperazine rings is 1. The number of nitriles is 1. The molecule has 1 aromatic carbocycles. The van der Waals surface area contributed by atoms with Crippen molar-refractivity contribution in [2.45, 2.75) is 0 Å². The van der Waals surface area contributed by atoms with Gasteiger partial charge >= 0.3 is 0 Å². The molecule has 0 aliphatic carbocycles. The molecule has 2 aromatic rings. The molecular weight excluding hydrogens is 264 g/mol. The fourth-order valence-corrected chi connectivity index (χ4v) is 2.74. The van der Waals surface area contributed by atoms with E-state index in [9.17, 15) is 10.1 Å². The third kappa shape index (κ3) is 2.97. The maximum absolute atomic E-state index is 12.5. The summed E-state index contributed by atoms with van der Waals surface area (Å²) in [7, 11) is 0. The Kier molecular flexibility index (Phi) is 4.00. The van der Waals surface area contributed by atoms with Gasteiger partial charge in [-0.1, -0.05) is 12.1 Å². The molecule has 5 nitrogen and oxygen atoms in total. The van der Waals surface area contributed by atoms with Crippen LogP contribution in [-0.4, -0.2) is 48.4 Å². The molecule has 1 saturated heterocycles. The number of nitrogens with one attached hydrogen (secondary N) is 2. The van der Waals surface area contributed by atoms with E-state index in [1.54, 1.807) is 6.07 Å². The molecule has 1 aliphatic rings. The van der Waals surface area contributed by atoms with Gasteiger partial charge in [0.25, 0.3) is 0 Å². The predicted molar refractivity (Wildman–Crippen MR) is 81.0 cm³/mol. The van der Waals surface area contributed by atoms with Gasteiger partial charge in [0, 0.05) is 50.0 Å². The van der Waals surface area contributed by atoms with Crippen molar-refractivity contribution in [1.82, 2.24) is 15.2 Å². The Balaban J connectivity index is 1.76. The number of H-pyrrole nitrogens is 1. The van der Waals surface area contributed by atoms with Gasteiger partial charge in [-0.25, -0.2) is 0 Å². The van der Waals surface area contributed by atoms with Crippen molar-refractivity contribution in [3.05, 3.63) is 36.0 Å². The van der Waals surface area contributed by atoms with Crippen LogP contribution in [0.2, 0.25) is 0 Å². The minimum absolute atomic E-state index is 0.0902. The average molecular weight is 282 g/mol. The van der Waals surface area contributed by atoms with Gasteiger partial charge in [0.2, 0.25) is 0 Å². The number of nitrogens with zero attached hydrogens (tertiary/aromatic N) is 2. The number of carbonyl (C=O) groups excluding carboxylic acids is 1. The smallest absolute Gasteiger partial charge is 0.181 e. The zero-order valence-corrected chi connectivity index (χ0v) is 11.8. The molecule has 0 saturated carbocycles. The number of aromatic nitrogens is 1. The van der Waals surface area contributed by atoms with Crippen molar-refractivity contribution in [2.24, 2.45) is 5.92 Å². The SMILES string of the molecule is N#CC(CN1CCNCC1)C(=O)c1ccc2cc[nH]c2c1. The minimum Gasteiger partial charge on any atom is -0.361 e. The second-order valence-corrected chi connectivity index (χ2v) is 5.38. The van der Waals surface area contributed by atoms with Crippen LogP contribution in [0, 0.1) is 17.2 Å². The van der Waals surface area contributed by atoms with Crippen molar-refractivity contribution in [2.75, 3.05) is 32.7 Å². The number of aromatic amines is 1. The van der Waals surface area contributed by atoms with E-state index in [-0.39, 0.29) is 5.78 Å². The summed E-state index contributed by atoms with van der Waals surface area (Å²) in [5.41, 5.74) is 1.53. The van der Waals surface area contributed by atoms with Crippen LogP contribution in [0.5, 0.6) is 0 Å². The van der Waals surface area contributed by atoms with Gasteiger partial charge in [0.05, 0.1) is 6.07 Å². The monoisotopic (exact) mass is 282 g/mol. The van der Waals surface area contributed by atoms with Gasteiger partial charge in [0.15, 0.2) is 5.78 Å². The maximum Gasteiger partial charge on any atom is 0.181 e. The zero-order valence-electron chi connectivity index (χ0n) is 11.8. The summed E-state index contributed by atoms with van der Waals surface area (Å²) in [5.74, 6) is -0.692. The Hall–Kier alpha value is -2.16. The lowest BCUT2D eigenvalue weighted by Gasteiger charge is -2.28. The van der Waals surface area contributed by atoms with Gasteiger partial charge in [-0.3, -0.25) is 9.69 Å². The molecule has 0 bridgehead atoms. The van der Waals surface area contributed by atoms with Crippen molar-refractivity contribution in [1.29, 1.82) is 5.26 Å². The zero-order chi connectivity index (χ0) is 14.7. The average Bonchev–Trinajstić information content (AvgIpc) is 3.00. The highest BCUT2D eigenvalue weighted by molar-refractivity contribution is 6.02. The fraction of sp³-hybridized carbons (Fsp3) is 0.375. The minimum atomic E-state index is -0.601. The van der Waals surface area contributed by atoms with Crippen LogP contribution in [0.25, 0.3) is 10.9 Å². The topological polar surface area (TPSA) is 71.9 Å². The molecule has 2 N–H and O–H groups in total. The van der Waals surface area contributed by atoms with Crippen LogP contribution in [0.4, 0.5) is 0 Å². The fourth-order valence-electron chi connectivity index (χ4n) is 2.74. The van der Waals surface area contributed by atoms with E-state index in [2.05, 4.69) is 21.3 Å². The number of rotatable bonds is 4. The molecule has 0 spiro atoms. The van der Waals surface area contributed by atoms with Crippen LogP contribution in [0.3, 0.4) is 0 Å². The second kappa shape index (κ2) is 6.08. The summed E-state index contributed by atoms with van der Waals surface area (Å²) in [6.07, 6.45) is 1.85. The number of ketones is 1. The lowest BCUT2D eigenvalue weighted by atomic mass is 9.97. The molecular formula is C16H18N4O. The number of benzene rings is 1. The Morgan fingerprint density at radius 3 is 2.90 bits per heavy atom. The van der Waals surface area contributed by atoms with Gasteiger partial charge in [-0.15, -0.1) is 0 Å². The van der Waals surface area contributed by atoms with Crippen molar-refractivity contribution >= 4 is 16.7 Å². The van der Waals surface area contributed by atoms with Crippen molar-refractivity contribution in [3.63, 3.8) is 0 Å². The molecule has 1 fully saturated rings. The number of hydrogen-bond donors (Lipinski definition) is 2. The van der Waals surface area contributed by atoms with E-state index >= 15 is 0 Å². The maximum atomic E-state index is 12.5. The Morgan fingerprint density at radius 2 is 2.14 bits per heavy atom. The quantitative estimate of drug-likeness (QED) is 0.831. The highest BCUT2D eigenvalue weighted by Gasteiger charge is 2.23. The third-order valence-electron chi connectivity index (χ3n) is 3.96. The Bertz CT molecular complexity index is 679. The summed E-state index contributed by atoms with van der Waals surface area (Å²) in [5, 5.41) is 13.7. The first-order chi connectivity index (χ1) is 10.3. The highest BCUT2D eigenvalue weighted by Crippen LogP contribution is 2.17. The van der Waals surface area contributed by atoms with Gasteiger partial charge < -0.3 is 10.3 Å². The van der Waals surface area contributed by atoms with Crippen molar-refractivity contribution in [3.8, 4) is 6.07 Å². The molecule has 5 heteroatoms. The molecule has 0 amide bonds. The van der Waals surface area contributed by atoms with E-state index in [1.807, 2.05) is 24.4 Å². The Labute approximate surface area is 123 Å². The summed E-state index contributed by atoms with van der Waals surface area (Å²) < 4.78 is 0. The third-order valence-corrected chi connectivity index (χ3v) is 3.96. The number of carbonyl (C=O) groups is 1. The van der Waals surface area contributed by atoms with E-state index in [0.717, 1.165) is 37.1 Å². The molecule has 3 rings (SSSR count). The summed E-state index contributed by atoms with van der Waals surface area (Å²) in [4.78, 5) is 17.8. The normalized spacial score (nSPS) is 17.5. The molecule has 2 heterocycles. The highest BCUT2D eigenvalue weighted by atomic mass is 16.1.